The molecule has 1 N–H and O–H groups in total. The van der Waals surface area contributed by atoms with Gasteiger partial charge in [0, 0.05) is 24.0 Å². The highest BCUT2D eigenvalue weighted by Crippen LogP contribution is 2.38. The fourth-order valence-electron chi connectivity index (χ4n) is 2.88. The molecule has 0 saturated carbocycles. The van der Waals surface area contributed by atoms with Gasteiger partial charge in [0.25, 0.3) is 0 Å². The molecule has 1 aliphatic rings. The largest absolute Gasteiger partial charge is 0.308 e. The van der Waals surface area contributed by atoms with E-state index in [2.05, 4.69) is 47.4 Å². The number of aryl methyl sites for hydroxylation is 3. The van der Waals surface area contributed by atoms with Crippen LogP contribution in [0.15, 0.2) is 16.6 Å². The highest BCUT2D eigenvalue weighted by molar-refractivity contribution is 9.10. The first-order valence-corrected chi connectivity index (χ1v) is 9.66. The Balaban J connectivity index is 1.93. The summed E-state index contributed by atoms with van der Waals surface area (Å²) in [5.74, 6) is 0. The number of fused-ring (bicyclic) bond motifs is 1. The van der Waals surface area contributed by atoms with Gasteiger partial charge >= 0.3 is 0 Å². The van der Waals surface area contributed by atoms with E-state index < -0.39 is 0 Å². The molecule has 0 aromatic carbocycles. The minimum absolute atomic E-state index is 0.349. The second-order valence-corrected chi connectivity index (χ2v) is 8.74. The van der Waals surface area contributed by atoms with Crippen LogP contribution in [0.1, 0.15) is 50.4 Å². The van der Waals surface area contributed by atoms with E-state index in [-0.39, 0.29) is 0 Å². The average molecular weight is 370 g/mol. The lowest BCUT2D eigenvalue weighted by atomic mass is 10.1. The Kier molecular flexibility index (Phi) is 4.65. The monoisotopic (exact) mass is 369 g/mol. The number of nitrogens with one attached hydrogen (secondary N) is 1. The molecule has 0 saturated heterocycles. The first-order chi connectivity index (χ1) is 9.69. The highest BCUT2D eigenvalue weighted by Gasteiger charge is 2.20. The van der Waals surface area contributed by atoms with Crippen molar-refractivity contribution < 1.29 is 0 Å². The van der Waals surface area contributed by atoms with Crippen molar-refractivity contribution in [2.75, 3.05) is 7.05 Å². The van der Waals surface area contributed by atoms with Crippen molar-refractivity contribution in [2.24, 2.45) is 0 Å². The van der Waals surface area contributed by atoms with E-state index in [4.69, 9.17) is 0 Å². The molecule has 4 heteroatoms. The van der Waals surface area contributed by atoms with E-state index >= 15 is 0 Å². The fraction of sp³-hybridized carbons (Fsp3) is 0.500. The number of halogens is 1. The predicted octanol–water partition coefficient (Wildman–Crippen LogP) is 5.46. The Morgan fingerprint density at radius 2 is 1.85 bits per heavy atom. The summed E-state index contributed by atoms with van der Waals surface area (Å²) < 4.78 is 1.23. The van der Waals surface area contributed by atoms with Crippen molar-refractivity contribution in [2.45, 2.75) is 45.1 Å². The molecule has 2 aromatic heterocycles. The smallest absolute Gasteiger partial charge is 0.0763 e. The number of hydrogen-bond donors (Lipinski definition) is 1. The van der Waals surface area contributed by atoms with Gasteiger partial charge in [0.05, 0.1) is 6.04 Å². The van der Waals surface area contributed by atoms with Crippen molar-refractivity contribution in [3.8, 4) is 0 Å². The van der Waals surface area contributed by atoms with Crippen molar-refractivity contribution >= 4 is 38.6 Å². The Bertz CT molecular complexity index is 557. The maximum absolute atomic E-state index is 3.64. The van der Waals surface area contributed by atoms with Gasteiger partial charge in [-0.1, -0.05) is 6.42 Å². The molecule has 0 bridgehead atoms. The van der Waals surface area contributed by atoms with Gasteiger partial charge < -0.3 is 5.32 Å². The van der Waals surface area contributed by atoms with Crippen LogP contribution in [0.5, 0.6) is 0 Å². The highest BCUT2D eigenvalue weighted by atomic mass is 79.9. The van der Waals surface area contributed by atoms with Crippen LogP contribution in [0.4, 0.5) is 0 Å². The normalized spacial score (nSPS) is 16.8. The Hall–Kier alpha value is -0.160. The maximum atomic E-state index is 3.64. The van der Waals surface area contributed by atoms with Crippen LogP contribution in [0.25, 0.3) is 0 Å². The minimum Gasteiger partial charge on any atom is -0.308 e. The Morgan fingerprint density at radius 1 is 1.10 bits per heavy atom. The van der Waals surface area contributed by atoms with Gasteiger partial charge in [0.2, 0.25) is 0 Å². The third-order valence-corrected chi connectivity index (χ3v) is 7.50. The predicted molar refractivity (Wildman–Crippen MR) is 93.2 cm³/mol. The van der Waals surface area contributed by atoms with Crippen molar-refractivity contribution in [3.63, 3.8) is 0 Å². The second kappa shape index (κ2) is 6.30. The molecule has 1 unspecified atom stereocenters. The summed E-state index contributed by atoms with van der Waals surface area (Å²) >= 11 is 7.55. The van der Waals surface area contributed by atoms with Crippen LogP contribution in [-0.4, -0.2) is 7.05 Å². The number of rotatable bonds is 3. The molecule has 2 aromatic rings. The molecular formula is C16H20BrNS2. The van der Waals surface area contributed by atoms with Gasteiger partial charge in [0.15, 0.2) is 0 Å². The quantitative estimate of drug-likeness (QED) is 0.708. The zero-order chi connectivity index (χ0) is 14.1. The maximum Gasteiger partial charge on any atom is 0.0763 e. The molecule has 1 aliphatic carbocycles. The van der Waals surface area contributed by atoms with E-state index in [0.29, 0.717) is 6.04 Å². The van der Waals surface area contributed by atoms with Crippen LogP contribution in [0.2, 0.25) is 0 Å². The summed E-state index contributed by atoms with van der Waals surface area (Å²) in [6, 6.07) is 5.07. The Labute approximate surface area is 137 Å². The molecule has 1 nitrogen and oxygen atoms in total. The van der Waals surface area contributed by atoms with Crippen LogP contribution in [0, 0.1) is 6.92 Å². The molecule has 3 rings (SSSR count). The van der Waals surface area contributed by atoms with Crippen LogP contribution < -0.4 is 5.32 Å². The summed E-state index contributed by atoms with van der Waals surface area (Å²) in [7, 11) is 2.07. The van der Waals surface area contributed by atoms with Crippen molar-refractivity contribution in [1.29, 1.82) is 0 Å². The summed E-state index contributed by atoms with van der Waals surface area (Å²) in [5, 5.41) is 3.50. The lowest BCUT2D eigenvalue weighted by Crippen LogP contribution is -2.15. The lowest BCUT2D eigenvalue weighted by molar-refractivity contribution is 0.705. The number of hydrogen-bond acceptors (Lipinski definition) is 3. The van der Waals surface area contributed by atoms with Crippen LogP contribution >= 0.6 is 38.6 Å². The molecule has 0 amide bonds. The van der Waals surface area contributed by atoms with Crippen molar-refractivity contribution in [3.05, 3.63) is 41.7 Å². The number of thiophene rings is 2. The standard InChI is InChI=1S/C16H20BrNS2/c1-10-12(17)9-15(19-10)16(18-2)14-8-11-6-4-3-5-7-13(11)20-14/h8-9,16,18H,3-7H2,1-2H3. The van der Waals surface area contributed by atoms with E-state index in [1.165, 1.54) is 51.2 Å². The molecule has 1 atom stereocenters. The molecular weight excluding hydrogens is 350 g/mol. The van der Waals surface area contributed by atoms with Gasteiger partial charge in [-0.15, -0.1) is 22.7 Å². The molecule has 0 aliphatic heterocycles. The summed E-state index contributed by atoms with van der Waals surface area (Å²) in [6.45, 7) is 2.18. The third kappa shape index (κ3) is 2.89. The average Bonchev–Trinajstić information content (AvgIpc) is 2.88. The molecule has 0 radical (unpaired) electrons. The van der Waals surface area contributed by atoms with Crippen molar-refractivity contribution in [1.82, 2.24) is 5.32 Å². The van der Waals surface area contributed by atoms with E-state index in [1.54, 1.807) is 10.4 Å². The first kappa shape index (κ1) is 14.8. The van der Waals surface area contributed by atoms with Gasteiger partial charge in [0.1, 0.15) is 0 Å². The zero-order valence-corrected chi connectivity index (χ0v) is 15.2. The molecule has 20 heavy (non-hydrogen) atoms. The molecule has 2 heterocycles. The molecule has 108 valence electrons. The summed E-state index contributed by atoms with van der Waals surface area (Å²) in [6.07, 6.45) is 6.67. The molecule has 0 spiro atoms. The third-order valence-electron chi connectivity index (χ3n) is 4.00. The lowest BCUT2D eigenvalue weighted by Gasteiger charge is -2.12. The topological polar surface area (TPSA) is 12.0 Å². The van der Waals surface area contributed by atoms with Gasteiger partial charge in [-0.2, -0.15) is 0 Å². The molecule has 0 fully saturated rings. The second-order valence-electron chi connectivity index (χ2n) is 5.43. The fourth-order valence-corrected chi connectivity index (χ4v) is 6.03. The van der Waals surface area contributed by atoms with Gasteiger partial charge in [-0.3, -0.25) is 0 Å². The summed E-state index contributed by atoms with van der Waals surface area (Å²) in [5.41, 5.74) is 1.61. The van der Waals surface area contributed by atoms with Gasteiger partial charge in [-0.05, 0) is 73.3 Å². The van der Waals surface area contributed by atoms with Crippen LogP contribution in [0.3, 0.4) is 0 Å². The van der Waals surface area contributed by atoms with Crippen LogP contribution in [-0.2, 0) is 12.8 Å². The van der Waals surface area contributed by atoms with E-state index in [1.807, 2.05) is 22.7 Å². The van der Waals surface area contributed by atoms with Gasteiger partial charge in [-0.25, -0.2) is 0 Å². The first-order valence-electron chi connectivity index (χ1n) is 7.23. The SMILES string of the molecule is CNC(c1cc(Br)c(C)s1)c1cc2c(s1)CCCCC2. The van der Waals surface area contributed by atoms with E-state index in [0.717, 1.165) is 0 Å². The zero-order valence-electron chi connectivity index (χ0n) is 12.0. The van der Waals surface area contributed by atoms with E-state index in [9.17, 15) is 0 Å². The summed E-state index contributed by atoms with van der Waals surface area (Å²) in [4.78, 5) is 5.88. The minimum atomic E-state index is 0.349. The Morgan fingerprint density at radius 3 is 2.55 bits per heavy atom.